The quantitative estimate of drug-likeness (QED) is 0.813. The maximum atomic E-state index is 10.5. The van der Waals surface area contributed by atoms with E-state index < -0.39 is 11.2 Å². The first-order chi connectivity index (χ1) is 7.95. The second-order valence-corrected chi connectivity index (χ2v) is 5.59. The molecular formula is C14H24O2S. The van der Waals surface area contributed by atoms with Crippen LogP contribution in [-0.2, 0) is 11.2 Å². The van der Waals surface area contributed by atoms with E-state index in [2.05, 4.69) is 0 Å². The second kappa shape index (κ2) is 5.51. The van der Waals surface area contributed by atoms with Crippen LogP contribution in [0.3, 0.4) is 0 Å². The monoisotopic (exact) mass is 256 g/mol. The summed E-state index contributed by atoms with van der Waals surface area (Å²) in [5, 5.41) is 22.9. The average molecular weight is 256 g/mol. The SMILES string of the molecule is CCC(O)(CC)c1csc(C(O)(CC)CC)c1. The Morgan fingerprint density at radius 2 is 1.41 bits per heavy atom. The first-order valence-corrected chi connectivity index (χ1v) is 7.38. The molecule has 1 aromatic rings. The summed E-state index contributed by atoms with van der Waals surface area (Å²) in [4.78, 5) is 0.970. The predicted octanol–water partition coefficient (Wildman–Crippen LogP) is 3.76. The van der Waals surface area contributed by atoms with Crippen LogP contribution in [0.5, 0.6) is 0 Å². The molecule has 98 valence electrons. The standard InChI is InChI=1S/C14H24O2S/c1-5-13(15,6-2)11-9-12(17-10-11)14(16,7-3)8-4/h9-10,15-16H,5-8H2,1-4H3. The van der Waals surface area contributed by atoms with Gasteiger partial charge in [-0.05, 0) is 42.7 Å². The molecule has 0 aliphatic carbocycles. The summed E-state index contributed by atoms with van der Waals surface area (Å²) < 4.78 is 0. The van der Waals surface area contributed by atoms with Gasteiger partial charge in [0.15, 0.2) is 0 Å². The molecule has 0 fully saturated rings. The fourth-order valence-corrected chi connectivity index (χ4v) is 3.33. The van der Waals surface area contributed by atoms with E-state index in [4.69, 9.17) is 0 Å². The normalized spacial score (nSPS) is 13.1. The first kappa shape index (κ1) is 14.7. The molecule has 0 unspecified atom stereocenters. The Labute approximate surface area is 108 Å². The third-order valence-electron chi connectivity index (χ3n) is 3.94. The van der Waals surface area contributed by atoms with Gasteiger partial charge < -0.3 is 10.2 Å². The van der Waals surface area contributed by atoms with E-state index >= 15 is 0 Å². The van der Waals surface area contributed by atoms with E-state index in [-0.39, 0.29) is 0 Å². The van der Waals surface area contributed by atoms with E-state index in [0.29, 0.717) is 25.7 Å². The Bertz CT molecular complexity index is 316. The Hall–Kier alpha value is -0.380. The lowest BCUT2D eigenvalue weighted by Crippen LogP contribution is -2.24. The molecule has 0 aliphatic rings. The number of hydrogen-bond acceptors (Lipinski definition) is 3. The topological polar surface area (TPSA) is 40.5 Å². The van der Waals surface area contributed by atoms with Crippen molar-refractivity contribution in [3.8, 4) is 0 Å². The van der Waals surface area contributed by atoms with Crippen LogP contribution in [0.2, 0.25) is 0 Å². The fourth-order valence-electron chi connectivity index (χ4n) is 2.08. The maximum Gasteiger partial charge on any atom is 0.0982 e. The zero-order valence-electron chi connectivity index (χ0n) is 11.3. The number of rotatable bonds is 6. The highest BCUT2D eigenvalue weighted by atomic mass is 32.1. The predicted molar refractivity (Wildman–Crippen MR) is 73.3 cm³/mol. The van der Waals surface area contributed by atoms with Crippen LogP contribution in [0.25, 0.3) is 0 Å². The van der Waals surface area contributed by atoms with Gasteiger partial charge in [-0.1, -0.05) is 27.7 Å². The second-order valence-electron chi connectivity index (χ2n) is 4.68. The largest absolute Gasteiger partial charge is 0.385 e. The molecule has 1 aromatic heterocycles. The molecule has 1 rings (SSSR count). The summed E-state index contributed by atoms with van der Waals surface area (Å²) >= 11 is 1.55. The molecule has 0 saturated heterocycles. The minimum Gasteiger partial charge on any atom is -0.385 e. The van der Waals surface area contributed by atoms with E-state index in [1.807, 2.05) is 39.1 Å². The van der Waals surface area contributed by atoms with Gasteiger partial charge in [0.25, 0.3) is 0 Å². The lowest BCUT2D eigenvalue weighted by molar-refractivity contribution is 0.0250. The van der Waals surface area contributed by atoms with Crippen LogP contribution in [0.4, 0.5) is 0 Å². The molecule has 0 aliphatic heterocycles. The molecule has 0 bridgehead atoms. The Morgan fingerprint density at radius 1 is 0.941 bits per heavy atom. The average Bonchev–Trinajstić information content (AvgIpc) is 2.87. The minimum absolute atomic E-state index is 0.705. The molecule has 0 amide bonds. The lowest BCUT2D eigenvalue weighted by atomic mass is 9.88. The third kappa shape index (κ3) is 2.72. The molecule has 2 nitrogen and oxygen atoms in total. The van der Waals surface area contributed by atoms with Crippen molar-refractivity contribution >= 4 is 11.3 Å². The summed E-state index contributed by atoms with van der Waals surface area (Å²) in [6.07, 6.45) is 2.83. The van der Waals surface area contributed by atoms with E-state index in [9.17, 15) is 10.2 Å². The highest BCUT2D eigenvalue weighted by Crippen LogP contribution is 2.38. The van der Waals surface area contributed by atoms with Gasteiger partial charge in [0.1, 0.15) is 0 Å². The highest BCUT2D eigenvalue weighted by Gasteiger charge is 2.31. The van der Waals surface area contributed by atoms with Crippen LogP contribution in [0, 0.1) is 0 Å². The van der Waals surface area contributed by atoms with Gasteiger partial charge in [-0.15, -0.1) is 11.3 Å². The van der Waals surface area contributed by atoms with Gasteiger partial charge in [-0.25, -0.2) is 0 Å². The van der Waals surface area contributed by atoms with Crippen LogP contribution in [0.1, 0.15) is 63.8 Å². The van der Waals surface area contributed by atoms with Crippen molar-refractivity contribution in [3.05, 3.63) is 21.9 Å². The summed E-state index contributed by atoms with van der Waals surface area (Å²) in [5.74, 6) is 0. The molecule has 0 atom stereocenters. The molecule has 0 saturated carbocycles. The maximum absolute atomic E-state index is 10.5. The summed E-state index contributed by atoms with van der Waals surface area (Å²) in [6.45, 7) is 7.98. The molecule has 3 heteroatoms. The van der Waals surface area contributed by atoms with Crippen molar-refractivity contribution in [2.45, 2.75) is 64.6 Å². The Morgan fingerprint density at radius 3 is 1.82 bits per heavy atom. The minimum atomic E-state index is -0.739. The smallest absolute Gasteiger partial charge is 0.0982 e. The number of aliphatic hydroxyl groups is 2. The zero-order valence-corrected chi connectivity index (χ0v) is 12.1. The third-order valence-corrected chi connectivity index (χ3v) is 5.06. The molecule has 0 radical (unpaired) electrons. The highest BCUT2D eigenvalue weighted by molar-refractivity contribution is 7.10. The van der Waals surface area contributed by atoms with Crippen LogP contribution in [-0.4, -0.2) is 10.2 Å². The summed E-state index contributed by atoms with van der Waals surface area (Å²) in [5.41, 5.74) is -0.523. The van der Waals surface area contributed by atoms with Crippen LogP contribution < -0.4 is 0 Å². The zero-order chi connectivity index (χ0) is 13.1. The van der Waals surface area contributed by atoms with Crippen molar-refractivity contribution < 1.29 is 10.2 Å². The lowest BCUT2D eigenvalue weighted by Gasteiger charge is -2.25. The first-order valence-electron chi connectivity index (χ1n) is 6.50. The van der Waals surface area contributed by atoms with Crippen molar-refractivity contribution in [1.82, 2.24) is 0 Å². The van der Waals surface area contributed by atoms with Crippen molar-refractivity contribution in [2.75, 3.05) is 0 Å². The fraction of sp³-hybridized carbons (Fsp3) is 0.714. The summed E-state index contributed by atoms with van der Waals surface area (Å²) in [6, 6.07) is 1.98. The molecule has 17 heavy (non-hydrogen) atoms. The Kier molecular flexibility index (Phi) is 4.76. The molecule has 2 N–H and O–H groups in total. The van der Waals surface area contributed by atoms with Crippen molar-refractivity contribution in [3.63, 3.8) is 0 Å². The van der Waals surface area contributed by atoms with Gasteiger partial charge in [-0.2, -0.15) is 0 Å². The van der Waals surface area contributed by atoms with Gasteiger partial charge in [0.2, 0.25) is 0 Å². The Balaban J connectivity index is 3.07. The molecule has 1 heterocycles. The van der Waals surface area contributed by atoms with Gasteiger partial charge in [0, 0.05) is 4.88 Å². The molecular weight excluding hydrogens is 232 g/mol. The van der Waals surface area contributed by atoms with Gasteiger partial charge >= 0.3 is 0 Å². The molecule has 0 aromatic carbocycles. The number of hydrogen-bond donors (Lipinski definition) is 2. The van der Waals surface area contributed by atoms with Crippen molar-refractivity contribution in [2.24, 2.45) is 0 Å². The number of thiophene rings is 1. The van der Waals surface area contributed by atoms with Crippen LogP contribution in [0.15, 0.2) is 11.4 Å². The van der Waals surface area contributed by atoms with Crippen LogP contribution >= 0.6 is 11.3 Å². The summed E-state index contributed by atoms with van der Waals surface area (Å²) in [7, 11) is 0. The van der Waals surface area contributed by atoms with E-state index in [0.717, 1.165) is 10.4 Å². The van der Waals surface area contributed by atoms with Crippen molar-refractivity contribution in [1.29, 1.82) is 0 Å². The van der Waals surface area contributed by atoms with E-state index in [1.165, 1.54) is 0 Å². The van der Waals surface area contributed by atoms with Gasteiger partial charge in [0.05, 0.1) is 11.2 Å². The van der Waals surface area contributed by atoms with Gasteiger partial charge in [-0.3, -0.25) is 0 Å². The van der Waals surface area contributed by atoms with E-state index in [1.54, 1.807) is 11.3 Å². The molecule has 0 spiro atoms.